The summed E-state index contributed by atoms with van der Waals surface area (Å²) in [5, 5.41) is 21.5. The molecule has 1 aromatic carbocycles. The average Bonchev–Trinajstić information content (AvgIpc) is 2.92. The van der Waals surface area contributed by atoms with E-state index in [0.717, 1.165) is 0 Å². The monoisotopic (exact) mass is 540 g/mol. The lowest BCUT2D eigenvalue weighted by atomic mass is 9.99. The van der Waals surface area contributed by atoms with E-state index in [0.29, 0.717) is 34.8 Å². The number of nitrogen functional groups attached to an aromatic ring is 1. The topological polar surface area (TPSA) is 139 Å². The van der Waals surface area contributed by atoms with Crippen molar-refractivity contribution in [2.75, 3.05) is 18.9 Å². The molecule has 5 N–H and O–H groups in total. The molecule has 0 radical (unpaired) electrons. The fraction of sp³-hybridized carbons (Fsp3) is 0.259. The van der Waals surface area contributed by atoms with Crippen LogP contribution in [0.25, 0.3) is 22.4 Å². The van der Waals surface area contributed by atoms with Gasteiger partial charge in [0.1, 0.15) is 18.1 Å². The fourth-order valence-electron chi connectivity index (χ4n) is 3.87. The number of nitrogens with zero attached hydrogens (tertiary/aromatic N) is 4. The number of aryl methyl sites for hydroxylation is 1. The van der Waals surface area contributed by atoms with Crippen LogP contribution >= 0.6 is 0 Å². The highest BCUT2D eigenvalue weighted by molar-refractivity contribution is 5.85. The maximum atomic E-state index is 13.6. The second-order valence-electron chi connectivity index (χ2n) is 8.69. The van der Waals surface area contributed by atoms with Gasteiger partial charge in [-0.2, -0.15) is 4.98 Å². The normalized spacial score (nSPS) is 11.4. The summed E-state index contributed by atoms with van der Waals surface area (Å²) in [5.74, 6) is -0.556. The molecule has 204 valence electrons. The average molecular weight is 541 g/mol. The Balaban J connectivity index is 1.73. The van der Waals surface area contributed by atoms with Crippen molar-refractivity contribution in [2.45, 2.75) is 32.5 Å². The number of aromatic nitrogens is 4. The predicted molar refractivity (Wildman–Crippen MR) is 138 cm³/mol. The molecule has 0 fully saturated rings. The number of benzene rings is 1. The highest BCUT2D eigenvalue weighted by atomic mass is 19.3. The van der Waals surface area contributed by atoms with Crippen LogP contribution in [-0.2, 0) is 13.2 Å². The molecule has 4 rings (SSSR count). The first-order chi connectivity index (χ1) is 18.8. The SMILES string of the molecule is Cc1cc(-c2c(OCc3cccc(CNC(CO)CO)n3)nc(N)nc2-c2ccc(F)cc2)cc(C(F)F)n1. The van der Waals surface area contributed by atoms with E-state index < -0.39 is 24.0 Å². The molecule has 0 aliphatic carbocycles. The van der Waals surface area contributed by atoms with Crippen molar-refractivity contribution in [1.29, 1.82) is 0 Å². The van der Waals surface area contributed by atoms with Crippen LogP contribution in [0.1, 0.15) is 29.2 Å². The molecule has 0 amide bonds. The molecule has 0 saturated carbocycles. The van der Waals surface area contributed by atoms with E-state index in [1.165, 1.54) is 30.3 Å². The Morgan fingerprint density at radius 2 is 1.64 bits per heavy atom. The summed E-state index contributed by atoms with van der Waals surface area (Å²) in [6, 6.07) is 13.1. The maximum absolute atomic E-state index is 13.6. The van der Waals surface area contributed by atoms with E-state index in [4.69, 9.17) is 10.5 Å². The van der Waals surface area contributed by atoms with Gasteiger partial charge in [-0.25, -0.2) is 18.2 Å². The van der Waals surface area contributed by atoms with Crippen molar-refractivity contribution in [3.05, 3.63) is 83.2 Å². The van der Waals surface area contributed by atoms with E-state index in [1.807, 2.05) is 0 Å². The number of rotatable bonds is 11. The van der Waals surface area contributed by atoms with Gasteiger partial charge in [0.15, 0.2) is 0 Å². The van der Waals surface area contributed by atoms with Crippen molar-refractivity contribution in [3.8, 4) is 28.3 Å². The van der Waals surface area contributed by atoms with Crippen LogP contribution in [0.4, 0.5) is 19.1 Å². The summed E-state index contributed by atoms with van der Waals surface area (Å²) in [7, 11) is 0. The Morgan fingerprint density at radius 3 is 2.33 bits per heavy atom. The molecule has 9 nitrogen and oxygen atoms in total. The summed E-state index contributed by atoms with van der Waals surface area (Å²) in [5.41, 5.74) is 8.46. The molecular formula is C27H27F3N6O3. The zero-order valence-electron chi connectivity index (χ0n) is 21.0. The van der Waals surface area contributed by atoms with Crippen LogP contribution < -0.4 is 15.8 Å². The third kappa shape index (κ3) is 7.05. The van der Waals surface area contributed by atoms with Gasteiger partial charge in [0.2, 0.25) is 11.8 Å². The lowest BCUT2D eigenvalue weighted by Crippen LogP contribution is -2.35. The first-order valence-corrected chi connectivity index (χ1v) is 12.0. The van der Waals surface area contributed by atoms with Gasteiger partial charge in [0.25, 0.3) is 6.43 Å². The van der Waals surface area contributed by atoms with Crippen LogP contribution in [0.3, 0.4) is 0 Å². The molecule has 0 aliphatic heterocycles. The van der Waals surface area contributed by atoms with Gasteiger partial charge < -0.3 is 26.0 Å². The van der Waals surface area contributed by atoms with Gasteiger partial charge in [-0.05, 0) is 61.0 Å². The van der Waals surface area contributed by atoms with E-state index in [-0.39, 0.29) is 42.9 Å². The molecule has 0 atom stereocenters. The molecule has 0 saturated heterocycles. The molecule has 0 unspecified atom stereocenters. The minimum atomic E-state index is -2.81. The lowest BCUT2D eigenvalue weighted by Gasteiger charge is -2.17. The summed E-state index contributed by atoms with van der Waals surface area (Å²) in [4.78, 5) is 17.0. The second-order valence-corrected chi connectivity index (χ2v) is 8.69. The third-order valence-electron chi connectivity index (χ3n) is 5.73. The number of nitrogens with one attached hydrogen (secondary N) is 1. The zero-order valence-corrected chi connectivity index (χ0v) is 21.0. The van der Waals surface area contributed by atoms with E-state index in [9.17, 15) is 23.4 Å². The second kappa shape index (κ2) is 12.6. The number of nitrogens with two attached hydrogens (primary N) is 1. The van der Waals surface area contributed by atoms with E-state index in [2.05, 4.69) is 25.3 Å². The maximum Gasteiger partial charge on any atom is 0.280 e. The number of aliphatic hydroxyl groups is 2. The van der Waals surface area contributed by atoms with Crippen molar-refractivity contribution >= 4 is 5.95 Å². The molecule has 0 spiro atoms. The molecule has 12 heteroatoms. The molecule has 3 heterocycles. The van der Waals surface area contributed by atoms with Crippen LogP contribution in [0, 0.1) is 12.7 Å². The quantitative estimate of drug-likeness (QED) is 0.225. The molecule has 4 aromatic rings. The van der Waals surface area contributed by atoms with Gasteiger partial charge in [0, 0.05) is 17.8 Å². The van der Waals surface area contributed by atoms with E-state index >= 15 is 0 Å². The first-order valence-electron chi connectivity index (χ1n) is 12.0. The number of hydrogen-bond donors (Lipinski definition) is 4. The van der Waals surface area contributed by atoms with Gasteiger partial charge in [-0.15, -0.1) is 0 Å². The van der Waals surface area contributed by atoms with Crippen LogP contribution in [0.2, 0.25) is 0 Å². The molecule has 0 aliphatic rings. The first kappa shape index (κ1) is 27.9. The Hall–Kier alpha value is -4.13. The van der Waals surface area contributed by atoms with Crippen molar-refractivity contribution in [3.63, 3.8) is 0 Å². The Morgan fingerprint density at radius 1 is 0.923 bits per heavy atom. The summed E-state index contributed by atoms with van der Waals surface area (Å²) in [6.07, 6.45) is -2.81. The minimum absolute atomic E-state index is 0.0265. The van der Waals surface area contributed by atoms with Gasteiger partial charge in [-0.1, -0.05) is 6.07 Å². The third-order valence-corrected chi connectivity index (χ3v) is 5.73. The fourth-order valence-corrected chi connectivity index (χ4v) is 3.87. The highest BCUT2D eigenvalue weighted by Gasteiger charge is 2.22. The smallest absolute Gasteiger partial charge is 0.280 e. The largest absolute Gasteiger partial charge is 0.471 e. The minimum Gasteiger partial charge on any atom is -0.471 e. The highest BCUT2D eigenvalue weighted by Crippen LogP contribution is 2.39. The van der Waals surface area contributed by atoms with Crippen LogP contribution in [0.5, 0.6) is 5.88 Å². The molecule has 0 bridgehead atoms. The number of halogens is 3. The van der Waals surface area contributed by atoms with Crippen molar-refractivity contribution < 1.29 is 28.1 Å². The molecule has 39 heavy (non-hydrogen) atoms. The lowest BCUT2D eigenvalue weighted by molar-refractivity contribution is 0.146. The molecule has 3 aromatic heterocycles. The number of ether oxygens (including phenoxy) is 1. The van der Waals surface area contributed by atoms with E-state index in [1.54, 1.807) is 31.2 Å². The summed E-state index contributed by atoms with van der Waals surface area (Å²) in [6.45, 7) is 1.39. The Kier molecular flexibility index (Phi) is 9.02. The summed E-state index contributed by atoms with van der Waals surface area (Å²) < 4.78 is 46.9. The van der Waals surface area contributed by atoms with Crippen LogP contribution in [-0.4, -0.2) is 49.4 Å². The zero-order chi connectivity index (χ0) is 27.9. The Labute approximate surface area is 222 Å². The van der Waals surface area contributed by atoms with Crippen molar-refractivity contribution in [1.82, 2.24) is 25.3 Å². The number of alkyl halides is 2. The summed E-state index contributed by atoms with van der Waals surface area (Å²) >= 11 is 0. The Bertz CT molecular complexity index is 1420. The standard InChI is InChI=1S/C27H27F3N6O3/c1-15-9-17(10-22(33-15)25(29)30)23-24(16-5-7-18(28)8-6-16)35-27(31)36-26(23)39-14-20-4-2-3-19(34-20)11-32-21(12-37)13-38/h2-10,21,25,32,37-38H,11-14H2,1H3,(H2,31,35,36). The number of pyridine rings is 2. The van der Waals surface area contributed by atoms with Gasteiger partial charge in [0.05, 0.1) is 41.9 Å². The number of aliphatic hydroxyl groups excluding tert-OH is 2. The predicted octanol–water partition coefficient (Wildman–Crippen LogP) is 3.59. The van der Waals surface area contributed by atoms with Crippen LogP contribution in [0.15, 0.2) is 54.6 Å². The number of hydrogen-bond acceptors (Lipinski definition) is 9. The van der Waals surface area contributed by atoms with Gasteiger partial charge >= 0.3 is 0 Å². The molecular weight excluding hydrogens is 513 g/mol. The van der Waals surface area contributed by atoms with Crippen molar-refractivity contribution in [2.24, 2.45) is 0 Å². The number of anilines is 1. The van der Waals surface area contributed by atoms with Gasteiger partial charge in [-0.3, -0.25) is 9.97 Å².